The van der Waals surface area contributed by atoms with E-state index in [1.54, 1.807) is 6.08 Å². The van der Waals surface area contributed by atoms with Crippen molar-refractivity contribution < 1.29 is 9.53 Å². The minimum atomic E-state index is -0.277. The van der Waals surface area contributed by atoms with Gasteiger partial charge in [-0.3, -0.25) is 4.79 Å². The fourth-order valence-corrected chi connectivity index (χ4v) is 3.59. The van der Waals surface area contributed by atoms with Crippen LogP contribution in [0.5, 0.6) is 11.5 Å². The topological polar surface area (TPSA) is 62.1 Å². The second kappa shape index (κ2) is 8.41. The minimum absolute atomic E-state index is 0.0880. The van der Waals surface area contributed by atoms with Crippen molar-refractivity contribution in [2.45, 2.75) is 12.3 Å². The first-order chi connectivity index (χ1) is 12.7. The number of thioether (sulfide) groups is 1. The molecule has 0 radical (unpaired) electrons. The molecular formula is C21H18N2O2S. The predicted octanol–water partition coefficient (Wildman–Crippen LogP) is 4.74. The number of carbonyl (C=O) groups excluding carboxylic acids is 1. The lowest BCUT2D eigenvalue weighted by Gasteiger charge is -2.25. The molecule has 2 aromatic carbocycles. The van der Waals surface area contributed by atoms with E-state index in [2.05, 4.69) is 18.0 Å². The molecule has 0 saturated carbocycles. The van der Waals surface area contributed by atoms with Crippen LogP contribution < -0.4 is 10.1 Å². The third-order valence-corrected chi connectivity index (χ3v) is 4.95. The smallest absolute Gasteiger partial charge is 0.225 e. The van der Waals surface area contributed by atoms with Crippen LogP contribution >= 0.6 is 11.8 Å². The quantitative estimate of drug-likeness (QED) is 0.754. The van der Waals surface area contributed by atoms with E-state index < -0.39 is 0 Å². The van der Waals surface area contributed by atoms with E-state index in [1.165, 1.54) is 11.8 Å². The number of hydrogen-bond donors (Lipinski definition) is 1. The Morgan fingerprint density at radius 3 is 2.73 bits per heavy atom. The van der Waals surface area contributed by atoms with E-state index in [1.807, 2.05) is 54.6 Å². The third-order valence-electron chi connectivity index (χ3n) is 3.94. The second-order valence-electron chi connectivity index (χ2n) is 5.75. The number of rotatable bonds is 6. The highest BCUT2D eigenvalue weighted by atomic mass is 32.2. The summed E-state index contributed by atoms with van der Waals surface area (Å²) in [6.07, 6.45) is 1.99. The van der Waals surface area contributed by atoms with Gasteiger partial charge in [-0.1, -0.05) is 36.4 Å². The number of benzene rings is 2. The van der Waals surface area contributed by atoms with Crippen molar-refractivity contribution in [1.82, 2.24) is 5.32 Å². The summed E-state index contributed by atoms with van der Waals surface area (Å²) in [6, 6.07) is 19.3. The van der Waals surface area contributed by atoms with Crippen LogP contribution in [-0.4, -0.2) is 11.7 Å². The molecule has 0 fully saturated rings. The van der Waals surface area contributed by atoms with Gasteiger partial charge in [0.1, 0.15) is 11.5 Å². The van der Waals surface area contributed by atoms with Gasteiger partial charge in [0.25, 0.3) is 0 Å². The Labute approximate surface area is 157 Å². The van der Waals surface area contributed by atoms with Crippen LogP contribution in [0.25, 0.3) is 0 Å². The molecule has 130 valence electrons. The van der Waals surface area contributed by atoms with Gasteiger partial charge in [0.2, 0.25) is 5.91 Å². The molecule has 1 unspecified atom stereocenters. The van der Waals surface area contributed by atoms with Crippen molar-refractivity contribution in [2.75, 3.05) is 5.75 Å². The summed E-state index contributed by atoms with van der Waals surface area (Å²) in [7, 11) is 0. The van der Waals surface area contributed by atoms with Gasteiger partial charge in [-0.25, -0.2) is 0 Å². The first kappa shape index (κ1) is 17.8. The van der Waals surface area contributed by atoms with Crippen LogP contribution in [0.1, 0.15) is 17.9 Å². The van der Waals surface area contributed by atoms with E-state index >= 15 is 0 Å². The molecule has 1 aliphatic heterocycles. The Bertz CT molecular complexity index is 884. The number of carbonyl (C=O) groups is 1. The standard InChI is InChI=1S/C21H18N2O2S/c1-2-11-26-21-19(14-22)18(13-20(24)23-21)15-7-6-10-17(12-15)25-16-8-4-3-5-9-16/h2-10,12,18H,1,11,13H2,(H,23,24). The van der Waals surface area contributed by atoms with Crippen LogP contribution in [0.4, 0.5) is 0 Å². The summed E-state index contributed by atoms with van der Waals surface area (Å²) in [6.45, 7) is 3.69. The number of nitrogens with zero attached hydrogens (tertiary/aromatic N) is 1. The largest absolute Gasteiger partial charge is 0.457 e. The van der Waals surface area contributed by atoms with Crippen LogP contribution in [0, 0.1) is 11.3 Å². The fraction of sp³-hybridized carbons (Fsp3) is 0.143. The van der Waals surface area contributed by atoms with Gasteiger partial charge < -0.3 is 10.1 Å². The Morgan fingerprint density at radius 2 is 2.00 bits per heavy atom. The van der Waals surface area contributed by atoms with Crippen LogP contribution in [0.15, 0.2) is 77.9 Å². The number of nitrogens with one attached hydrogen (secondary N) is 1. The molecule has 3 rings (SSSR count). The first-order valence-electron chi connectivity index (χ1n) is 8.22. The summed E-state index contributed by atoms with van der Waals surface area (Å²) in [5.41, 5.74) is 1.47. The molecule has 1 heterocycles. The molecule has 1 aliphatic rings. The molecule has 0 saturated heterocycles. The normalized spacial score (nSPS) is 16.6. The SMILES string of the molecule is C=CCSC1=C(C#N)C(c2cccc(Oc3ccccc3)c2)CC(=O)N1. The summed E-state index contributed by atoms with van der Waals surface area (Å²) >= 11 is 1.41. The molecule has 1 atom stereocenters. The average molecular weight is 362 g/mol. The molecule has 1 N–H and O–H groups in total. The van der Waals surface area contributed by atoms with Crippen molar-refractivity contribution in [3.05, 3.63) is 83.4 Å². The highest BCUT2D eigenvalue weighted by molar-refractivity contribution is 8.03. The molecule has 0 aromatic heterocycles. The van der Waals surface area contributed by atoms with Crippen molar-refractivity contribution in [1.29, 1.82) is 5.26 Å². The third kappa shape index (κ3) is 4.16. The van der Waals surface area contributed by atoms with Crippen molar-refractivity contribution >= 4 is 17.7 Å². The summed E-state index contributed by atoms with van der Waals surface area (Å²) in [4.78, 5) is 12.1. The Balaban J connectivity index is 1.91. The second-order valence-corrected chi connectivity index (χ2v) is 6.78. The van der Waals surface area contributed by atoms with Gasteiger partial charge >= 0.3 is 0 Å². The summed E-state index contributed by atoms with van der Waals surface area (Å²) in [5.74, 6) is 1.68. The number of ether oxygens (including phenoxy) is 1. The minimum Gasteiger partial charge on any atom is -0.457 e. The predicted molar refractivity (Wildman–Crippen MR) is 104 cm³/mol. The number of amides is 1. The van der Waals surface area contributed by atoms with E-state index in [9.17, 15) is 10.1 Å². The van der Waals surface area contributed by atoms with E-state index in [-0.39, 0.29) is 18.2 Å². The number of nitriles is 1. The van der Waals surface area contributed by atoms with Crippen LogP contribution in [0.2, 0.25) is 0 Å². The molecular weight excluding hydrogens is 344 g/mol. The monoisotopic (exact) mass is 362 g/mol. The molecule has 0 aliphatic carbocycles. The van der Waals surface area contributed by atoms with Gasteiger partial charge in [0.15, 0.2) is 0 Å². The van der Waals surface area contributed by atoms with E-state index in [4.69, 9.17) is 4.74 Å². The molecule has 4 nitrogen and oxygen atoms in total. The van der Waals surface area contributed by atoms with Gasteiger partial charge in [-0.15, -0.1) is 18.3 Å². The molecule has 26 heavy (non-hydrogen) atoms. The molecule has 0 bridgehead atoms. The maximum Gasteiger partial charge on any atom is 0.225 e. The van der Waals surface area contributed by atoms with Gasteiger partial charge in [0.05, 0.1) is 16.7 Å². The van der Waals surface area contributed by atoms with E-state index in [0.29, 0.717) is 22.1 Å². The van der Waals surface area contributed by atoms with Crippen molar-refractivity contribution in [2.24, 2.45) is 0 Å². The maximum absolute atomic E-state index is 12.1. The lowest BCUT2D eigenvalue weighted by Crippen LogP contribution is -2.30. The van der Waals surface area contributed by atoms with Crippen molar-refractivity contribution in [3.8, 4) is 17.6 Å². The van der Waals surface area contributed by atoms with Gasteiger partial charge in [-0.2, -0.15) is 5.26 Å². The average Bonchev–Trinajstić information content (AvgIpc) is 2.67. The first-order valence-corrected chi connectivity index (χ1v) is 9.20. The Hall–Kier alpha value is -2.97. The van der Waals surface area contributed by atoms with Crippen molar-refractivity contribution in [3.63, 3.8) is 0 Å². The molecule has 0 spiro atoms. The Morgan fingerprint density at radius 1 is 1.23 bits per heavy atom. The van der Waals surface area contributed by atoms with Crippen LogP contribution in [-0.2, 0) is 4.79 Å². The van der Waals surface area contributed by atoms with Gasteiger partial charge in [0, 0.05) is 18.1 Å². The lowest BCUT2D eigenvalue weighted by molar-refractivity contribution is -0.120. The fourth-order valence-electron chi connectivity index (χ4n) is 2.78. The zero-order valence-corrected chi connectivity index (χ0v) is 15.0. The zero-order chi connectivity index (χ0) is 18.4. The number of hydrogen-bond acceptors (Lipinski definition) is 4. The summed E-state index contributed by atoms with van der Waals surface area (Å²) in [5, 5.41) is 13.1. The summed E-state index contributed by atoms with van der Waals surface area (Å²) < 4.78 is 5.88. The number of para-hydroxylation sites is 1. The zero-order valence-electron chi connectivity index (χ0n) is 14.1. The van der Waals surface area contributed by atoms with Gasteiger partial charge in [-0.05, 0) is 29.8 Å². The highest BCUT2D eigenvalue weighted by Crippen LogP contribution is 2.37. The maximum atomic E-state index is 12.1. The molecule has 5 heteroatoms. The number of allylic oxidation sites excluding steroid dienone is 1. The van der Waals surface area contributed by atoms with E-state index in [0.717, 1.165) is 11.3 Å². The molecule has 1 amide bonds. The Kier molecular flexibility index (Phi) is 5.77. The highest BCUT2D eigenvalue weighted by Gasteiger charge is 2.29. The molecule has 2 aromatic rings. The lowest BCUT2D eigenvalue weighted by atomic mass is 9.87. The van der Waals surface area contributed by atoms with Crippen LogP contribution in [0.3, 0.4) is 0 Å².